The van der Waals surface area contributed by atoms with Crippen LogP contribution in [0.1, 0.15) is 35.9 Å². The number of carbonyl (C=O) groups is 1. The molecule has 2 fully saturated rings. The first-order chi connectivity index (χ1) is 19.8. The first-order valence-corrected chi connectivity index (χ1v) is 14.0. The van der Waals surface area contributed by atoms with Crippen LogP contribution in [0.5, 0.6) is 11.6 Å². The molecule has 1 aromatic heterocycles. The molecule has 3 N–H and O–H groups in total. The second-order valence-corrected chi connectivity index (χ2v) is 10.5. The van der Waals surface area contributed by atoms with E-state index in [1.165, 1.54) is 18.2 Å². The summed E-state index contributed by atoms with van der Waals surface area (Å²) in [7, 11) is 2.19. The second kappa shape index (κ2) is 12.5. The van der Waals surface area contributed by atoms with Crippen molar-refractivity contribution in [2.45, 2.75) is 32.2 Å². The van der Waals surface area contributed by atoms with E-state index in [0.29, 0.717) is 23.8 Å². The molecular formula is C29H36N8O4. The van der Waals surface area contributed by atoms with Crippen molar-refractivity contribution in [3.05, 3.63) is 70.0 Å². The molecule has 3 heterocycles. The zero-order valence-electron chi connectivity index (χ0n) is 23.5. The van der Waals surface area contributed by atoms with Crippen LogP contribution in [0.2, 0.25) is 0 Å². The number of rotatable bonds is 9. The number of primary amides is 1. The largest absolute Gasteiger partial charge is 0.437 e. The molecule has 2 aliphatic heterocycles. The third kappa shape index (κ3) is 6.72. The third-order valence-electron chi connectivity index (χ3n) is 7.76. The van der Waals surface area contributed by atoms with Gasteiger partial charge in [0.25, 0.3) is 11.6 Å². The Morgan fingerprint density at radius 3 is 2.41 bits per heavy atom. The zero-order valence-corrected chi connectivity index (χ0v) is 23.5. The lowest BCUT2D eigenvalue weighted by Crippen LogP contribution is -2.52. The van der Waals surface area contributed by atoms with Gasteiger partial charge in [-0.15, -0.1) is 0 Å². The van der Waals surface area contributed by atoms with Crippen molar-refractivity contribution in [1.29, 1.82) is 0 Å². The van der Waals surface area contributed by atoms with Crippen molar-refractivity contribution < 1.29 is 14.5 Å². The van der Waals surface area contributed by atoms with Crippen LogP contribution >= 0.6 is 0 Å². The first kappa shape index (κ1) is 28.2. The van der Waals surface area contributed by atoms with Crippen LogP contribution in [0.25, 0.3) is 0 Å². The van der Waals surface area contributed by atoms with Crippen molar-refractivity contribution in [3.63, 3.8) is 0 Å². The van der Waals surface area contributed by atoms with Gasteiger partial charge in [-0.2, -0.15) is 4.98 Å². The number of hydrogen-bond donors (Lipinski definition) is 2. The van der Waals surface area contributed by atoms with Crippen molar-refractivity contribution in [1.82, 2.24) is 19.8 Å². The minimum atomic E-state index is -0.726. The molecule has 41 heavy (non-hydrogen) atoms. The molecule has 3 aromatic rings. The summed E-state index contributed by atoms with van der Waals surface area (Å²) in [6.45, 7) is 8.44. The maximum Gasteiger partial charge on any atom is 0.273 e. The third-order valence-corrected chi connectivity index (χ3v) is 7.76. The van der Waals surface area contributed by atoms with Gasteiger partial charge in [0.1, 0.15) is 11.4 Å². The number of aromatic nitrogens is 2. The van der Waals surface area contributed by atoms with E-state index in [2.05, 4.69) is 49.2 Å². The Morgan fingerprint density at radius 2 is 1.78 bits per heavy atom. The smallest absolute Gasteiger partial charge is 0.273 e. The van der Waals surface area contributed by atoms with Crippen LogP contribution in [0, 0.1) is 10.1 Å². The molecule has 12 heteroatoms. The predicted molar refractivity (Wildman–Crippen MR) is 157 cm³/mol. The summed E-state index contributed by atoms with van der Waals surface area (Å²) in [4.78, 5) is 39.3. The van der Waals surface area contributed by atoms with E-state index in [0.717, 1.165) is 57.8 Å². The summed E-state index contributed by atoms with van der Waals surface area (Å²) in [5, 5.41) is 14.3. The first-order valence-electron chi connectivity index (χ1n) is 14.0. The number of piperidine rings is 1. The molecule has 0 bridgehead atoms. The Labute approximate surface area is 239 Å². The van der Waals surface area contributed by atoms with Crippen LogP contribution < -0.4 is 20.7 Å². The van der Waals surface area contributed by atoms with E-state index < -0.39 is 10.8 Å². The Hall–Kier alpha value is -4.29. The molecule has 0 aliphatic carbocycles. The van der Waals surface area contributed by atoms with Gasteiger partial charge in [-0.05, 0) is 56.6 Å². The van der Waals surface area contributed by atoms with E-state index in [4.69, 9.17) is 10.5 Å². The summed E-state index contributed by atoms with van der Waals surface area (Å²) >= 11 is 0. The zero-order chi connectivity index (χ0) is 28.9. The summed E-state index contributed by atoms with van der Waals surface area (Å²) in [6, 6.07) is 14.4. The monoisotopic (exact) mass is 560 g/mol. The number of nitrogens with two attached hydrogens (primary N) is 1. The number of nitrogens with zero attached hydrogens (tertiary/aromatic N) is 6. The van der Waals surface area contributed by atoms with Crippen LogP contribution in [0.15, 0.2) is 48.5 Å². The lowest BCUT2D eigenvalue weighted by atomic mass is 10.0. The molecule has 2 aromatic carbocycles. The fourth-order valence-electron chi connectivity index (χ4n) is 5.37. The SMILES string of the molecule is CCc1nc(C(N)=O)c(Nc2ccc(N3CCC(N4CCN(C)CC4)CC3)cc2)nc1Oc1cccc([N+](=O)[O-])c1. The average molecular weight is 561 g/mol. The number of non-ortho nitro benzene ring substituents is 1. The topological polar surface area (TPSA) is 143 Å². The molecule has 1 amide bonds. The Balaban J connectivity index is 1.29. The van der Waals surface area contributed by atoms with Gasteiger partial charge in [0.15, 0.2) is 11.5 Å². The number of anilines is 3. The number of aryl methyl sites for hydroxylation is 1. The lowest BCUT2D eigenvalue weighted by Gasteiger charge is -2.42. The van der Waals surface area contributed by atoms with Gasteiger partial charge in [-0.1, -0.05) is 13.0 Å². The molecule has 2 saturated heterocycles. The van der Waals surface area contributed by atoms with Crippen LogP contribution in [0.4, 0.5) is 22.9 Å². The molecule has 0 atom stereocenters. The van der Waals surface area contributed by atoms with Crippen molar-refractivity contribution in [2.75, 3.05) is 56.5 Å². The van der Waals surface area contributed by atoms with Gasteiger partial charge in [-0.3, -0.25) is 19.8 Å². The number of nitro benzene ring substituents is 1. The fourth-order valence-corrected chi connectivity index (χ4v) is 5.37. The molecule has 0 saturated carbocycles. The van der Waals surface area contributed by atoms with Crippen LogP contribution in [0.3, 0.4) is 0 Å². The summed E-state index contributed by atoms with van der Waals surface area (Å²) < 4.78 is 5.88. The second-order valence-electron chi connectivity index (χ2n) is 10.5. The maximum absolute atomic E-state index is 12.2. The molecule has 2 aliphatic rings. The van der Waals surface area contributed by atoms with E-state index in [1.54, 1.807) is 6.07 Å². The number of ether oxygens (including phenoxy) is 1. The van der Waals surface area contributed by atoms with E-state index in [1.807, 2.05) is 19.1 Å². The minimum absolute atomic E-state index is 0.0108. The summed E-state index contributed by atoms with van der Waals surface area (Å²) in [5.74, 6) is -0.200. The van der Waals surface area contributed by atoms with Gasteiger partial charge in [0.05, 0.1) is 11.0 Å². The van der Waals surface area contributed by atoms with E-state index >= 15 is 0 Å². The van der Waals surface area contributed by atoms with Crippen LogP contribution in [-0.4, -0.2) is 83.0 Å². The molecule has 12 nitrogen and oxygen atoms in total. The summed E-state index contributed by atoms with van der Waals surface area (Å²) in [6.07, 6.45) is 2.72. The normalized spacial score (nSPS) is 16.9. The highest BCUT2D eigenvalue weighted by Crippen LogP contribution is 2.30. The van der Waals surface area contributed by atoms with Crippen molar-refractivity contribution in [2.24, 2.45) is 5.73 Å². The highest BCUT2D eigenvalue weighted by atomic mass is 16.6. The highest BCUT2D eigenvalue weighted by molar-refractivity contribution is 5.96. The number of carbonyl (C=O) groups excluding carboxylic acids is 1. The highest BCUT2D eigenvalue weighted by Gasteiger charge is 2.27. The molecular weight excluding hydrogens is 524 g/mol. The van der Waals surface area contributed by atoms with Gasteiger partial charge in [0.2, 0.25) is 5.88 Å². The van der Waals surface area contributed by atoms with Crippen molar-refractivity contribution >= 4 is 28.8 Å². The summed E-state index contributed by atoms with van der Waals surface area (Å²) in [5.41, 5.74) is 7.78. The Morgan fingerprint density at radius 1 is 1.07 bits per heavy atom. The number of hydrogen-bond acceptors (Lipinski definition) is 10. The van der Waals surface area contributed by atoms with Crippen LogP contribution in [-0.2, 0) is 6.42 Å². The Bertz CT molecular complexity index is 1380. The number of nitrogens with one attached hydrogen (secondary N) is 1. The van der Waals surface area contributed by atoms with Gasteiger partial charge in [-0.25, -0.2) is 4.98 Å². The fraction of sp³-hybridized carbons (Fsp3) is 0.414. The molecule has 0 unspecified atom stereocenters. The number of nitro groups is 1. The minimum Gasteiger partial charge on any atom is -0.437 e. The quantitative estimate of drug-likeness (QED) is 0.293. The predicted octanol–water partition coefficient (Wildman–Crippen LogP) is 3.80. The number of amides is 1. The number of likely N-dealkylation sites (N-methyl/N-ethyl adjacent to an activating group) is 1. The van der Waals surface area contributed by atoms with Gasteiger partial charge < -0.3 is 25.6 Å². The van der Waals surface area contributed by atoms with Gasteiger partial charge in [0, 0.05) is 62.8 Å². The molecule has 0 spiro atoms. The standard InChI is InChI=1S/C29H36N8O4/c1-3-25-29(41-24-6-4-5-23(19-24)37(39)40)33-28(26(32-25)27(30)38)31-20-7-9-21(10-8-20)35-13-11-22(12-14-35)36-17-15-34(2)16-18-36/h4-10,19,22H,3,11-18H2,1-2H3,(H2,30,38)(H,31,33). The molecule has 0 radical (unpaired) electrons. The Kier molecular flexibility index (Phi) is 8.60. The number of benzene rings is 2. The number of piperazine rings is 1. The lowest BCUT2D eigenvalue weighted by molar-refractivity contribution is -0.384. The van der Waals surface area contributed by atoms with Gasteiger partial charge >= 0.3 is 0 Å². The molecule has 216 valence electrons. The maximum atomic E-state index is 12.2. The van der Waals surface area contributed by atoms with E-state index in [9.17, 15) is 14.9 Å². The average Bonchev–Trinajstić information content (AvgIpc) is 2.98. The molecule has 5 rings (SSSR count). The van der Waals surface area contributed by atoms with E-state index in [-0.39, 0.29) is 28.8 Å². The van der Waals surface area contributed by atoms with Crippen molar-refractivity contribution in [3.8, 4) is 11.6 Å².